The molecule has 0 heterocycles. The van der Waals surface area contributed by atoms with E-state index in [0.717, 1.165) is 16.9 Å². The van der Waals surface area contributed by atoms with Gasteiger partial charge in [0.25, 0.3) is 0 Å². The van der Waals surface area contributed by atoms with Crippen molar-refractivity contribution in [3.8, 4) is 5.75 Å². The lowest BCUT2D eigenvalue weighted by Gasteiger charge is -2.10. The molecule has 0 fully saturated rings. The molecule has 0 spiro atoms. The fourth-order valence-electron chi connectivity index (χ4n) is 1.96. The monoisotopic (exact) mass is 268 g/mol. The maximum absolute atomic E-state index is 7.44. The number of nitrogens with two attached hydrogens (primary N) is 1. The maximum atomic E-state index is 7.44. The van der Waals surface area contributed by atoms with Crippen LogP contribution in [0, 0.1) is 5.41 Å². The standard InChI is InChI=1S/C17H20N2O/c1-12(2)14-6-4-8-16(10-14)20-11-13-5-3-7-15(9-13)17(18)19/h3-10,12H,11H2,1-2H3,(H3,18,19). The molecule has 0 radical (unpaired) electrons. The zero-order valence-electron chi connectivity index (χ0n) is 11.9. The summed E-state index contributed by atoms with van der Waals surface area (Å²) in [4.78, 5) is 0. The van der Waals surface area contributed by atoms with Crippen molar-refractivity contribution < 1.29 is 4.74 Å². The van der Waals surface area contributed by atoms with Gasteiger partial charge in [-0.15, -0.1) is 0 Å². The molecule has 0 bridgehead atoms. The smallest absolute Gasteiger partial charge is 0.122 e. The van der Waals surface area contributed by atoms with E-state index in [9.17, 15) is 0 Å². The van der Waals surface area contributed by atoms with Crippen molar-refractivity contribution in [3.05, 3.63) is 65.2 Å². The fraction of sp³-hybridized carbons (Fsp3) is 0.235. The Morgan fingerprint density at radius 2 is 1.90 bits per heavy atom. The van der Waals surface area contributed by atoms with Crippen LogP contribution in [0.2, 0.25) is 0 Å². The molecule has 0 aromatic heterocycles. The normalized spacial score (nSPS) is 10.6. The summed E-state index contributed by atoms with van der Waals surface area (Å²) in [6.07, 6.45) is 0. The van der Waals surface area contributed by atoms with E-state index >= 15 is 0 Å². The lowest BCUT2D eigenvalue weighted by molar-refractivity contribution is 0.306. The SMILES string of the molecule is CC(C)c1cccc(OCc2cccc(C(=N)N)c2)c1. The number of benzene rings is 2. The van der Waals surface area contributed by atoms with Crippen molar-refractivity contribution in [2.24, 2.45) is 5.73 Å². The van der Waals surface area contributed by atoms with Gasteiger partial charge in [0.2, 0.25) is 0 Å². The minimum atomic E-state index is 0.0775. The number of nitrogens with one attached hydrogen (secondary N) is 1. The lowest BCUT2D eigenvalue weighted by Crippen LogP contribution is -2.11. The summed E-state index contributed by atoms with van der Waals surface area (Å²) in [5.41, 5.74) is 8.48. The Bertz CT molecular complexity index is 605. The van der Waals surface area contributed by atoms with Gasteiger partial charge in [-0.1, -0.05) is 44.2 Å². The Morgan fingerprint density at radius 1 is 1.15 bits per heavy atom. The van der Waals surface area contributed by atoms with Gasteiger partial charge in [0.05, 0.1) is 0 Å². The molecule has 2 aromatic rings. The predicted octanol–water partition coefficient (Wildman–Crippen LogP) is 3.67. The van der Waals surface area contributed by atoms with Crippen molar-refractivity contribution in [3.63, 3.8) is 0 Å². The second-order valence-corrected chi connectivity index (χ2v) is 5.13. The van der Waals surface area contributed by atoms with Crippen LogP contribution in [-0.2, 0) is 6.61 Å². The van der Waals surface area contributed by atoms with E-state index in [1.807, 2.05) is 36.4 Å². The summed E-state index contributed by atoms with van der Waals surface area (Å²) >= 11 is 0. The van der Waals surface area contributed by atoms with Gasteiger partial charge in [-0.2, -0.15) is 0 Å². The summed E-state index contributed by atoms with van der Waals surface area (Å²) < 4.78 is 5.81. The van der Waals surface area contributed by atoms with Crippen LogP contribution in [-0.4, -0.2) is 5.84 Å². The van der Waals surface area contributed by atoms with Crippen molar-refractivity contribution in [2.45, 2.75) is 26.4 Å². The van der Waals surface area contributed by atoms with Gasteiger partial charge in [0, 0.05) is 5.56 Å². The molecular weight excluding hydrogens is 248 g/mol. The summed E-state index contributed by atoms with van der Waals surface area (Å²) in [7, 11) is 0. The van der Waals surface area contributed by atoms with Crippen molar-refractivity contribution in [2.75, 3.05) is 0 Å². The molecule has 0 aliphatic rings. The third-order valence-electron chi connectivity index (χ3n) is 3.17. The highest BCUT2D eigenvalue weighted by atomic mass is 16.5. The number of nitrogen functional groups attached to an aromatic ring is 1. The van der Waals surface area contributed by atoms with Crippen molar-refractivity contribution in [1.82, 2.24) is 0 Å². The van der Waals surface area contributed by atoms with E-state index in [1.165, 1.54) is 5.56 Å². The fourth-order valence-corrected chi connectivity index (χ4v) is 1.96. The summed E-state index contributed by atoms with van der Waals surface area (Å²) in [6, 6.07) is 15.7. The average molecular weight is 268 g/mol. The number of amidine groups is 1. The summed E-state index contributed by atoms with van der Waals surface area (Å²) in [5, 5.41) is 7.44. The third kappa shape index (κ3) is 3.60. The van der Waals surface area contributed by atoms with Crippen LogP contribution in [0.25, 0.3) is 0 Å². The molecule has 0 amide bonds. The number of ether oxygens (including phenoxy) is 1. The van der Waals surface area contributed by atoms with Crippen LogP contribution < -0.4 is 10.5 Å². The van der Waals surface area contributed by atoms with Crippen molar-refractivity contribution in [1.29, 1.82) is 5.41 Å². The molecule has 0 unspecified atom stereocenters. The van der Waals surface area contributed by atoms with Gasteiger partial charge in [-0.3, -0.25) is 5.41 Å². The van der Waals surface area contributed by atoms with E-state index in [2.05, 4.69) is 26.0 Å². The molecule has 0 saturated carbocycles. The molecule has 3 nitrogen and oxygen atoms in total. The predicted molar refractivity (Wildman–Crippen MR) is 82.3 cm³/mol. The van der Waals surface area contributed by atoms with Gasteiger partial charge < -0.3 is 10.5 Å². The lowest BCUT2D eigenvalue weighted by atomic mass is 10.0. The van der Waals surface area contributed by atoms with Gasteiger partial charge in [0.15, 0.2) is 0 Å². The molecule has 2 aromatic carbocycles. The van der Waals surface area contributed by atoms with Crippen molar-refractivity contribution >= 4 is 5.84 Å². The Labute approximate surface area is 119 Å². The zero-order chi connectivity index (χ0) is 14.5. The summed E-state index contributed by atoms with van der Waals surface area (Å²) in [6.45, 7) is 4.80. The minimum Gasteiger partial charge on any atom is -0.489 e. The van der Waals surface area contributed by atoms with E-state index in [-0.39, 0.29) is 5.84 Å². The summed E-state index contributed by atoms with van der Waals surface area (Å²) in [5.74, 6) is 1.43. The van der Waals surface area contributed by atoms with Gasteiger partial charge in [0.1, 0.15) is 18.2 Å². The highest BCUT2D eigenvalue weighted by molar-refractivity contribution is 5.95. The molecule has 104 valence electrons. The maximum Gasteiger partial charge on any atom is 0.122 e. The van der Waals surface area contributed by atoms with Crippen LogP contribution >= 0.6 is 0 Å². The van der Waals surface area contributed by atoms with Crippen LogP contribution in [0.3, 0.4) is 0 Å². The largest absolute Gasteiger partial charge is 0.489 e. The molecule has 0 aliphatic heterocycles. The van der Waals surface area contributed by atoms with E-state index in [1.54, 1.807) is 0 Å². The van der Waals surface area contributed by atoms with E-state index in [0.29, 0.717) is 12.5 Å². The minimum absolute atomic E-state index is 0.0775. The number of hydrogen-bond acceptors (Lipinski definition) is 2. The van der Waals surface area contributed by atoms with Gasteiger partial charge >= 0.3 is 0 Å². The Balaban J connectivity index is 2.07. The molecule has 0 saturated heterocycles. The molecule has 0 aliphatic carbocycles. The molecular formula is C17H20N2O. The van der Waals surface area contributed by atoms with Crippen LogP contribution in [0.4, 0.5) is 0 Å². The molecule has 3 N–H and O–H groups in total. The van der Waals surface area contributed by atoms with Crippen LogP contribution in [0.5, 0.6) is 5.75 Å². The molecule has 2 rings (SSSR count). The zero-order valence-corrected chi connectivity index (χ0v) is 11.9. The molecule has 3 heteroatoms. The highest BCUT2D eigenvalue weighted by Crippen LogP contribution is 2.21. The number of rotatable bonds is 5. The number of hydrogen-bond donors (Lipinski definition) is 2. The van der Waals surface area contributed by atoms with Gasteiger partial charge in [-0.05, 0) is 35.2 Å². The average Bonchev–Trinajstić information content (AvgIpc) is 2.45. The molecule has 20 heavy (non-hydrogen) atoms. The quantitative estimate of drug-likeness (QED) is 0.642. The van der Waals surface area contributed by atoms with Crippen LogP contribution in [0.1, 0.15) is 36.5 Å². The van der Waals surface area contributed by atoms with Crippen LogP contribution in [0.15, 0.2) is 48.5 Å². The molecule has 0 atom stereocenters. The Kier molecular flexibility index (Phi) is 4.41. The third-order valence-corrected chi connectivity index (χ3v) is 3.17. The van der Waals surface area contributed by atoms with Gasteiger partial charge in [-0.25, -0.2) is 0 Å². The highest BCUT2D eigenvalue weighted by Gasteiger charge is 2.03. The first-order valence-electron chi connectivity index (χ1n) is 6.72. The second-order valence-electron chi connectivity index (χ2n) is 5.13. The van der Waals surface area contributed by atoms with E-state index < -0.39 is 0 Å². The first-order valence-corrected chi connectivity index (χ1v) is 6.72. The topological polar surface area (TPSA) is 59.1 Å². The Hall–Kier alpha value is -2.29. The second kappa shape index (κ2) is 6.24. The first-order chi connectivity index (χ1) is 9.56. The Morgan fingerprint density at radius 3 is 2.60 bits per heavy atom. The first kappa shape index (κ1) is 14.1. The van der Waals surface area contributed by atoms with E-state index in [4.69, 9.17) is 15.9 Å².